The average Bonchev–Trinajstić information content (AvgIpc) is 3.25. The van der Waals surface area contributed by atoms with Crippen molar-refractivity contribution in [2.45, 2.75) is 42.1 Å². The van der Waals surface area contributed by atoms with Crippen LogP contribution in [0.2, 0.25) is 0 Å². The second-order valence-corrected chi connectivity index (χ2v) is 10.7. The standard InChI is InChI=1S/C27H25F2N5O3S/c1-14-9-18(37-19-11-15(28)10-16(29)12-19)4-5-20(14)34-21-6-8-31-26-22(21)23(33-27(34)36)24(38-26)25(35)32-17-3-2-7-30-13-17/h4-6,8-12,17,23-24,30H,2-3,7,13H2,1H3,(H,32,35)(H,33,36)/t17?,23?,24-/m1/s1. The largest absolute Gasteiger partial charge is 0.457 e. The lowest BCUT2D eigenvalue weighted by molar-refractivity contribution is -0.121. The topological polar surface area (TPSA) is 95.6 Å². The first-order valence-electron chi connectivity index (χ1n) is 12.4. The number of nitrogens with one attached hydrogen (secondary N) is 3. The number of hydrogen-bond donors (Lipinski definition) is 3. The van der Waals surface area contributed by atoms with Gasteiger partial charge in [0.15, 0.2) is 0 Å². The van der Waals surface area contributed by atoms with Gasteiger partial charge in [-0.2, -0.15) is 0 Å². The van der Waals surface area contributed by atoms with Crippen LogP contribution in [-0.4, -0.2) is 41.3 Å². The monoisotopic (exact) mass is 537 g/mol. The lowest BCUT2D eigenvalue weighted by Crippen LogP contribution is -2.52. The Bertz CT molecular complexity index is 1410. The number of rotatable bonds is 5. The molecule has 0 bridgehead atoms. The summed E-state index contributed by atoms with van der Waals surface area (Å²) in [5.74, 6) is -1.18. The summed E-state index contributed by atoms with van der Waals surface area (Å²) in [4.78, 5) is 32.7. The molecule has 0 radical (unpaired) electrons. The number of aryl methyl sites for hydroxylation is 1. The van der Waals surface area contributed by atoms with Crippen LogP contribution in [0.15, 0.2) is 53.7 Å². The Morgan fingerprint density at radius 3 is 2.68 bits per heavy atom. The molecule has 196 valence electrons. The number of pyridine rings is 1. The van der Waals surface area contributed by atoms with E-state index in [1.165, 1.54) is 11.8 Å². The average molecular weight is 538 g/mol. The third kappa shape index (κ3) is 4.56. The van der Waals surface area contributed by atoms with Gasteiger partial charge >= 0.3 is 6.03 Å². The molecule has 1 saturated heterocycles. The SMILES string of the molecule is Cc1cc(Oc2cc(F)cc(F)c2)ccc1N1C(=O)NC2c3c1ccnc3S[C@H]2C(=O)NC1CCCNC1. The van der Waals surface area contributed by atoms with Crippen molar-refractivity contribution in [3.63, 3.8) is 0 Å². The molecule has 0 aliphatic carbocycles. The van der Waals surface area contributed by atoms with Gasteiger partial charge in [0.25, 0.3) is 0 Å². The van der Waals surface area contributed by atoms with E-state index in [1.807, 2.05) is 6.92 Å². The van der Waals surface area contributed by atoms with Gasteiger partial charge in [-0.3, -0.25) is 9.69 Å². The van der Waals surface area contributed by atoms with Gasteiger partial charge in [-0.25, -0.2) is 18.6 Å². The summed E-state index contributed by atoms with van der Waals surface area (Å²) in [5, 5.41) is 9.64. The van der Waals surface area contributed by atoms with Crippen molar-refractivity contribution < 1.29 is 23.1 Å². The summed E-state index contributed by atoms with van der Waals surface area (Å²) in [6.45, 7) is 3.50. The highest BCUT2D eigenvalue weighted by atomic mass is 32.2. The zero-order valence-corrected chi connectivity index (χ0v) is 21.3. The first kappa shape index (κ1) is 24.6. The molecule has 3 N–H and O–H groups in total. The third-order valence-corrected chi connectivity index (χ3v) is 8.18. The van der Waals surface area contributed by atoms with Gasteiger partial charge < -0.3 is 20.7 Å². The number of aromatic nitrogens is 1. The molecule has 3 aliphatic heterocycles. The summed E-state index contributed by atoms with van der Waals surface area (Å²) in [5.41, 5.74) is 2.80. The summed E-state index contributed by atoms with van der Waals surface area (Å²) < 4.78 is 32.8. The number of amides is 3. The van der Waals surface area contributed by atoms with Gasteiger partial charge in [0.1, 0.15) is 33.4 Å². The summed E-state index contributed by atoms with van der Waals surface area (Å²) >= 11 is 1.36. The maximum Gasteiger partial charge on any atom is 0.327 e. The van der Waals surface area contributed by atoms with Crippen LogP contribution in [0.4, 0.5) is 25.0 Å². The fraction of sp³-hybridized carbons (Fsp3) is 0.296. The van der Waals surface area contributed by atoms with Crippen molar-refractivity contribution in [1.29, 1.82) is 0 Å². The highest BCUT2D eigenvalue weighted by Crippen LogP contribution is 2.51. The first-order chi connectivity index (χ1) is 18.4. The van der Waals surface area contributed by atoms with Crippen molar-refractivity contribution in [3.05, 3.63) is 71.4 Å². The number of halogens is 2. The normalized spacial score (nSPS) is 22.0. The third-order valence-electron chi connectivity index (χ3n) is 6.89. The fourth-order valence-electron chi connectivity index (χ4n) is 5.19. The molecule has 1 aromatic heterocycles. The Balaban J connectivity index is 1.27. The summed E-state index contributed by atoms with van der Waals surface area (Å²) in [6.07, 6.45) is 3.57. The van der Waals surface area contributed by atoms with E-state index in [0.29, 0.717) is 27.7 Å². The summed E-state index contributed by atoms with van der Waals surface area (Å²) in [7, 11) is 0. The molecular formula is C27H25F2N5O3S. The smallest absolute Gasteiger partial charge is 0.327 e. The van der Waals surface area contributed by atoms with Gasteiger partial charge in [-0.1, -0.05) is 11.8 Å². The minimum absolute atomic E-state index is 0.0329. The van der Waals surface area contributed by atoms with E-state index in [2.05, 4.69) is 20.9 Å². The molecule has 3 aromatic rings. The molecule has 3 atom stereocenters. The van der Waals surface area contributed by atoms with E-state index in [4.69, 9.17) is 4.74 Å². The number of anilines is 2. The Morgan fingerprint density at radius 1 is 1.13 bits per heavy atom. The van der Waals surface area contributed by atoms with Crippen LogP contribution in [0.5, 0.6) is 11.5 Å². The maximum absolute atomic E-state index is 13.6. The second-order valence-electron chi connectivity index (χ2n) is 9.56. The van der Waals surface area contributed by atoms with Crippen molar-refractivity contribution in [1.82, 2.24) is 20.9 Å². The molecule has 6 rings (SSSR count). The van der Waals surface area contributed by atoms with Crippen LogP contribution in [0.25, 0.3) is 0 Å². The molecule has 2 unspecified atom stereocenters. The molecule has 8 nitrogen and oxygen atoms in total. The van der Waals surface area contributed by atoms with Gasteiger partial charge in [0, 0.05) is 42.5 Å². The molecule has 11 heteroatoms. The minimum atomic E-state index is -0.736. The van der Waals surface area contributed by atoms with Crippen LogP contribution in [0.1, 0.15) is 30.0 Å². The molecule has 3 aliphatic rings. The van der Waals surface area contributed by atoms with Crippen molar-refractivity contribution in [2.24, 2.45) is 0 Å². The predicted octanol–water partition coefficient (Wildman–Crippen LogP) is 4.71. The minimum Gasteiger partial charge on any atom is -0.457 e. The van der Waals surface area contributed by atoms with E-state index < -0.39 is 22.9 Å². The molecule has 0 saturated carbocycles. The van der Waals surface area contributed by atoms with E-state index in [0.717, 1.165) is 49.7 Å². The molecule has 4 heterocycles. The number of thioether (sulfide) groups is 1. The molecule has 38 heavy (non-hydrogen) atoms. The highest BCUT2D eigenvalue weighted by molar-refractivity contribution is 8.01. The zero-order chi connectivity index (χ0) is 26.4. The van der Waals surface area contributed by atoms with Crippen LogP contribution in [0, 0.1) is 18.6 Å². The summed E-state index contributed by atoms with van der Waals surface area (Å²) in [6, 6.07) is 9.00. The van der Waals surface area contributed by atoms with Crippen LogP contribution in [0.3, 0.4) is 0 Å². The number of piperidine rings is 1. The van der Waals surface area contributed by atoms with Crippen molar-refractivity contribution in [2.75, 3.05) is 18.0 Å². The quantitative estimate of drug-likeness (QED) is 0.437. The molecule has 1 fully saturated rings. The number of urea groups is 1. The van der Waals surface area contributed by atoms with Crippen molar-refractivity contribution in [3.8, 4) is 11.5 Å². The molecular weight excluding hydrogens is 512 g/mol. The Hall–Kier alpha value is -3.70. The van der Waals surface area contributed by atoms with Crippen LogP contribution < -0.4 is 25.6 Å². The van der Waals surface area contributed by atoms with Gasteiger partial charge in [0.05, 0.1) is 17.4 Å². The Kier molecular flexibility index (Phi) is 6.40. The van der Waals surface area contributed by atoms with Crippen molar-refractivity contribution >= 4 is 35.1 Å². The number of nitrogens with zero attached hydrogens (tertiary/aromatic N) is 2. The van der Waals surface area contributed by atoms with Gasteiger partial charge in [-0.05, 0) is 56.1 Å². The molecule has 0 spiro atoms. The zero-order valence-electron chi connectivity index (χ0n) is 20.5. The molecule has 3 amide bonds. The second kappa shape index (κ2) is 9.88. The van der Waals surface area contributed by atoms with E-state index in [1.54, 1.807) is 35.4 Å². The number of hydrogen-bond acceptors (Lipinski definition) is 6. The number of benzene rings is 2. The van der Waals surface area contributed by atoms with E-state index >= 15 is 0 Å². The number of ether oxygens (including phenoxy) is 1. The lowest BCUT2D eigenvalue weighted by atomic mass is 9.99. The number of carbonyl (C=O) groups excluding carboxylic acids is 2. The van der Waals surface area contributed by atoms with Gasteiger partial charge in [0.2, 0.25) is 5.91 Å². The van der Waals surface area contributed by atoms with Crippen LogP contribution >= 0.6 is 11.8 Å². The predicted molar refractivity (Wildman–Crippen MR) is 139 cm³/mol. The Morgan fingerprint density at radius 2 is 1.95 bits per heavy atom. The maximum atomic E-state index is 13.6. The van der Waals surface area contributed by atoms with Crippen LogP contribution in [-0.2, 0) is 4.79 Å². The first-order valence-corrected chi connectivity index (χ1v) is 13.3. The fourth-order valence-corrected chi connectivity index (χ4v) is 6.42. The van der Waals surface area contributed by atoms with E-state index in [-0.39, 0.29) is 23.7 Å². The van der Waals surface area contributed by atoms with E-state index in [9.17, 15) is 18.4 Å². The Labute approximate surface area is 222 Å². The molecule has 2 aromatic carbocycles. The number of carbonyl (C=O) groups is 2. The highest BCUT2D eigenvalue weighted by Gasteiger charge is 2.47. The lowest BCUT2D eigenvalue weighted by Gasteiger charge is -2.35. The van der Waals surface area contributed by atoms with Gasteiger partial charge in [-0.15, -0.1) is 0 Å².